The fourth-order valence-electron chi connectivity index (χ4n) is 14.7. The number of carbonyl (C=O) groups is 2. The zero-order valence-corrected chi connectivity index (χ0v) is 60.5. The van der Waals surface area contributed by atoms with Crippen molar-refractivity contribution in [2.24, 2.45) is 11.5 Å². The average Bonchev–Trinajstić information content (AvgIpc) is 1.28. The second-order valence-corrected chi connectivity index (χ2v) is 28.9. The number of aryl methyl sites for hydroxylation is 8. The van der Waals surface area contributed by atoms with E-state index in [4.69, 9.17) is 49.5 Å². The van der Waals surface area contributed by atoms with E-state index in [9.17, 15) is 14.7 Å². The molecule has 0 atom stereocenters. The summed E-state index contributed by atoms with van der Waals surface area (Å²) < 4.78 is 21.5. The Hall–Kier alpha value is -12.8. The highest BCUT2D eigenvalue weighted by Gasteiger charge is 2.32. The zero-order valence-electron chi connectivity index (χ0n) is 60.5. The number of aromatic hydroxyl groups is 1. The molecule has 534 valence electrons. The van der Waals surface area contributed by atoms with E-state index in [2.05, 4.69) is 113 Å². The minimum Gasteiger partial charge on any atom is -0.508 e. The van der Waals surface area contributed by atoms with E-state index in [-0.39, 0.29) is 5.75 Å². The summed E-state index contributed by atoms with van der Waals surface area (Å²) in [6.45, 7) is 15.6. The molecule has 4 saturated carbocycles. The molecule has 0 spiro atoms. The summed E-state index contributed by atoms with van der Waals surface area (Å²) in [5.74, 6) is 9.03. The molecule has 4 fully saturated rings. The molecular weight excluding hydrogens is 1340 g/mol. The number of fused-ring (bicyclic) bond motifs is 4. The Morgan fingerprint density at radius 3 is 0.916 bits per heavy atom. The zero-order chi connectivity index (χ0) is 73.6. The Morgan fingerprint density at radius 2 is 0.626 bits per heavy atom. The molecule has 21 heteroatoms. The molecule has 0 unspecified atom stereocenters. The summed E-state index contributed by atoms with van der Waals surface area (Å²) in [5, 5.41) is 26.0. The van der Waals surface area contributed by atoms with Gasteiger partial charge in [0.25, 0.3) is 0 Å². The van der Waals surface area contributed by atoms with Crippen LogP contribution in [0.3, 0.4) is 0 Å². The summed E-state index contributed by atoms with van der Waals surface area (Å²) in [5.41, 5.74) is 39.8. The van der Waals surface area contributed by atoms with E-state index in [0.717, 1.165) is 197 Å². The van der Waals surface area contributed by atoms with Crippen molar-refractivity contribution in [3.05, 3.63) is 232 Å². The van der Waals surface area contributed by atoms with E-state index in [1.54, 1.807) is 30.3 Å². The lowest BCUT2D eigenvalue weighted by atomic mass is 9.95. The number of carbonyl (C=O) groups excluding carboxylic acids is 2. The second-order valence-electron chi connectivity index (χ2n) is 28.9. The third-order valence-corrected chi connectivity index (χ3v) is 20.8. The van der Waals surface area contributed by atoms with Gasteiger partial charge in [0, 0.05) is 79.3 Å². The molecule has 9 N–H and O–H groups in total. The van der Waals surface area contributed by atoms with Crippen LogP contribution in [-0.2, 0) is 0 Å². The van der Waals surface area contributed by atoms with E-state index >= 15 is 0 Å². The van der Waals surface area contributed by atoms with Crippen molar-refractivity contribution >= 4 is 55.9 Å². The van der Waals surface area contributed by atoms with Gasteiger partial charge in [-0.25, -0.2) is 19.9 Å². The number of imidazole rings is 4. The summed E-state index contributed by atoms with van der Waals surface area (Å²) in [7, 11) is 0. The van der Waals surface area contributed by atoms with E-state index in [1.165, 1.54) is 56.9 Å². The largest absolute Gasteiger partial charge is 0.508 e. The van der Waals surface area contributed by atoms with Gasteiger partial charge in [-0.1, -0.05) is 87.4 Å². The number of primary amides is 2. The van der Waals surface area contributed by atoms with Crippen LogP contribution in [0.2, 0.25) is 0 Å². The molecule has 0 saturated heterocycles. The smallest absolute Gasteiger partial charge is 0.248 e. The molecule has 16 aromatic rings. The third-order valence-electron chi connectivity index (χ3n) is 20.8. The molecule has 107 heavy (non-hydrogen) atoms. The number of nitrogens with one attached hydrogen (secondary N) is 4. The highest BCUT2D eigenvalue weighted by Crippen LogP contribution is 2.47. The topological polar surface area (TPSA) is 325 Å². The van der Waals surface area contributed by atoms with Crippen LogP contribution < -0.4 is 11.5 Å². The van der Waals surface area contributed by atoms with Crippen LogP contribution in [0.15, 0.2) is 170 Å². The van der Waals surface area contributed by atoms with Crippen molar-refractivity contribution in [3.8, 4) is 94.8 Å². The number of H-pyrrole nitrogens is 4. The fraction of sp³-hybridized carbons (Fsp3) is 0.233. The van der Waals surface area contributed by atoms with Crippen LogP contribution in [-0.4, -0.2) is 77.4 Å². The van der Waals surface area contributed by atoms with Gasteiger partial charge >= 0.3 is 0 Å². The van der Waals surface area contributed by atoms with Crippen molar-refractivity contribution in [3.63, 3.8) is 0 Å². The minimum absolute atomic E-state index is 0.257. The van der Waals surface area contributed by atoms with Gasteiger partial charge in [-0.05, 0) is 236 Å². The number of nitrogens with two attached hydrogens (primary N) is 2. The number of rotatable bonds is 14. The van der Waals surface area contributed by atoms with Gasteiger partial charge in [-0.3, -0.25) is 9.59 Å². The molecular formula is C86H78N14O7. The van der Waals surface area contributed by atoms with Gasteiger partial charge < -0.3 is 54.6 Å². The molecule has 0 bridgehead atoms. The summed E-state index contributed by atoms with van der Waals surface area (Å²) in [6, 6.07) is 49.5. The highest BCUT2D eigenvalue weighted by atomic mass is 16.5. The standard InChI is InChI=1S/2C22H20N4O2.C21H19N3O2.C21H19N3O/c1-11-19(12(2)28-26-11)16-9-17(13-3-5-14(6-4-13)21(23)27)20-18(10-16)24-22(25-20)15-7-8-15;1-11-19(12(2)28-26-11)16-9-17(14-4-3-5-15(8-14)21(23)27)20-18(10-16)24-22(25-20)13-6-7-13;1-11-19(12(2)26-24-11)15-9-17(13-5-7-16(25)8-6-13)20-18(10-15)22-21(23-20)14-3-4-14;1-12-19(13(2)25-24-12)16-10-17(14-6-4-3-5-7-14)20-18(11-16)22-21(23-20)15-8-9-15/h3-6,9-10,15H,7-8H2,1-2H3,(H2,23,27)(H,24,25);3-5,8-10,13H,6-7H2,1-2H3,(H2,23,27)(H,24,25);5-10,14,25H,3-4H2,1-2H3,(H,22,23);3-7,10-11,15H,8-9H2,1-2H3,(H,22,23). The number of nitrogens with zero attached hydrogens (tertiary/aromatic N) is 8. The molecule has 21 nitrogen and oxygen atoms in total. The molecule has 8 aromatic carbocycles. The Kier molecular flexibility index (Phi) is 17.0. The molecule has 4 aliphatic carbocycles. The van der Waals surface area contributed by atoms with Gasteiger partial charge in [0.1, 0.15) is 52.1 Å². The molecule has 2 amide bonds. The van der Waals surface area contributed by atoms with Crippen LogP contribution in [0.25, 0.3) is 133 Å². The van der Waals surface area contributed by atoms with Gasteiger partial charge in [0.2, 0.25) is 11.8 Å². The predicted molar refractivity (Wildman–Crippen MR) is 413 cm³/mol. The SMILES string of the molecule is Cc1noc(C)c1-c1cc(-c2ccc(C(N)=O)cc2)c2nc(C3CC3)[nH]c2c1.Cc1noc(C)c1-c1cc(-c2ccc(O)cc2)c2nc(C3CC3)[nH]c2c1.Cc1noc(C)c1-c1cc(-c2cccc(C(N)=O)c2)c2nc(C3CC3)[nH]c2c1.Cc1noc(C)c1-c1cc(-c2ccccc2)c2nc(C3CC3)[nH]c2c1. The molecule has 20 rings (SSSR count). The molecule has 8 aromatic heterocycles. The summed E-state index contributed by atoms with van der Waals surface area (Å²) >= 11 is 0. The number of hydrogen-bond acceptors (Lipinski definition) is 15. The number of amides is 2. The Balaban J connectivity index is 0.000000105. The van der Waals surface area contributed by atoms with Gasteiger partial charge in [-0.15, -0.1) is 0 Å². The number of aromatic amines is 4. The molecule has 0 radical (unpaired) electrons. The van der Waals surface area contributed by atoms with Gasteiger partial charge in [0.05, 0.1) is 66.9 Å². The summed E-state index contributed by atoms with van der Waals surface area (Å²) in [4.78, 5) is 56.7. The van der Waals surface area contributed by atoms with Crippen LogP contribution in [0.4, 0.5) is 0 Å². The lowest BCUT2D eigenvalue weighted by molar-refractivity contribution is 0.0992. The van der Waals surface area contributed by atoms with Crippen molar-refractivity contribution in [2.45, 2.75) is 130 Å². The quantitative estimate of drug-likeness (QED) is 0.0532. The first kappa shape index (κ1) is 67.4. The number of phenolic OH excluding ortho intramolecular Hbond substituents is 1. The maximum atomic E-state index is 11.7. The lowest BCUT2D eigenvalue weighted by Gasteiger charge is -2.08. The first-order chi connectivity index (χ1) is 51.8. The van der Waals surface area contributed by atoms with Crippen molar-refractivity contribution in [1.82, 2.24) is 60.5 Å². The maximum absolute atomic E-state index is 11.7. The number of benzene rings is 8. The third kappa shape index (κ3) is 13.3. The van der Waals surface area contributed by atoms with E-state index < -0.39 is 11.8 Å². The van der Waals surface area contributed by atoms with Gasteiger partial charge in [-0.2, -0.15) is 0 Å². The first-order valence-electron chi connectivity index (χ1n) is 36.4. The monoisotopic (exact) mass is 1420 g/mol. The van der Waals surface area contributed by atoms with E-state index in [0.29, 0.717) is 34.8 Å². The Morgan fingerprint density at radius 1 is 0.336 bits per heavy atom. The molecule has 0 aliphatic heterocycles. The van der Waals surface area contributed by atoms with Crippen LogP contribution in [0, 0.1) is 55.4 Å². The summed E-state index contributed by atoms with van der Waals surface area (Å²) in [6.07, 6.45) is 9.56. The molecule has 4 aliphatic rings. The average molecular weight is 1420 g/mol. The fourth-order valence-corrected chi connectivity index (χ4v) is 14.7. The van der Waals surface area contributed by atoms with Crippen molar-refractivity contribution in [1.29, 1.82) is 0 Å². The minimum atomic E-state index is -0.444. The van der Waals surface area contributed by atoms with Gasteiger partial charge in [0.15, 0.2) is 0 Å². The second kappa shape index (κ2) is 27.0. The van der Waals surface area contributed by atoms with E-state index in [1.807, 2.05) is 104 Å². The number of phenols is 1. The van der Waals surface area contributed by atoms with Crippen molar-refractivity contribution in [2.75, 3.05) is 0 Å². The number of hydrogen-bond donors (Lipinski definition) is 7. The molecule has 8 heterocycles. The van der Waals surface area contributed by atoms with Crippen LogP contribution in [0.5, 0.6) is 5.75 Å². The first-order valence-corrected chi connectivity index (χ1v) is 36.4. The lowest BCUT2D eigenvalue weighted by Crippen LogP contribution is -2.10. The Labute approximate surface area is 614 Å². The van der Waals surface area contributed by atoms with Crippen molar-refractivity contribution < 1.29 is 32.8 Å². The van der Waals surface area contributed by atoms with Crippen LogP contribution in [0.1, 0.15) is 165 Å². The normalized spacial score (nSPS) is 14.1. The predicted octanol–water partition coefficient (Wildman–Crippen LogP) is 19.4. The van der Waals surface area contributed by atoms with Crippen LogP contribution >= 0.6 is 0 Å². The number of aromatic nitrogens is 12. The maximum Gasteiger partial charge on any atom is 0.248 e. The Bertz CT molecular complexity index is 6050. The highest BCUT2D eigenvalue weighted by molar-refractivity contribution is 6.02.